The Morgan fingerprint density at radius 3 is 2.92 bits per heavy atom. The predicted octanol–water partition coefficient (Wildman–Crippen LogP) is 1.17. The van der Waals surface area contributed by atoms with E-state index in [1.807, 2.05) is 0 Å². The Bertz CT molecular complexity index is 598. The summed E-state index contributed by atoms with van der Waals surface area (Å²) in [4.78, 5) is 25.1. The Morgan fingerprint density at radius 1 is 1.29 bits per heavy atom. The third-order valence-corrected chi connectivity index (χ3v) is 4.17. The summed E-state index contributed by atoms with van der Waals surface area (Å²) in [6.07, 6.45) is 1.18. The molecule has 2 atom stereocenters. The summed E-state index contributed by atoms with van der Waals surface area (Å²) in [7, 11) is 0. The van der Waals surface area contributed by atoms with Crippen LogP contribution in [0.2, 0.25) is 0 Å². The maximum Gasteiger partial charge on any atom is 0.334 e. The SMILES string of the molecule is O=C(O)[C@H]1CN(C(=O)c2cccc(OC[C@H]3CCCO3)c2)CCO1. The van der Waals surface area contributed by atoms with E-state index in [1.165, 1.54) is 4.90 Å². The van der Waals surface area contributed by atoms with Gasteiger partial charge >= 0.3 is 5.97 Å². The molecule has 0 aliphatic carbocycles. The quantitative estimate of drug-likeness (QED) is 0.869. The summed E-state index contributed by atoms with van der Waals surface area (Å²) in [6.45, 7) is 1.89. The molecule has 2 fully saturated rings. The Morgan fingerprint density at radius 2 is 2.17 bits per heavy atom. The Hall–Kier alpha value is -2.12. The molecule has 24 heavy (non-hydrogen) atoms. The molecular weight excluding hydrogens is 314 g/mol. The zero-order chi connectivity index (χ0) is 16.9. The van der Waals surface area contributed by atoms with Gasteiger partial charge in [0.05, 0.1) is 19.3 Å². The number of carboxylic acids is 1. The van der Waals surface area contributed by atoms with Crippen molar-refractivity contribution in [3.63, 3.8) is 0 Å². The largest absolute Gasteiger partial charge is 0.491 e. The molecule has 0 bridgehead atoms. The molecule has 130 valence electrons. The number of ether oxygens (including phenoxy) is 3. The average Bonchev–Trinajstić information content (AvgIpc) is 3.13. The van der Waals surface area contributed by atoms with Crippen LogP contribution in [0.15, 0.2) is 24.3 Å². The number of carbonyl (C=O) groups is 2. The monoisotopic (exact) mass is 335 g/mol. The molecular formula is C17H21NO6. The lowest BCUT2D eigenvalue weighted by Gasteiger charge is -2.31. The molecule has 2 saturated heterocycles. The van der Waals surface area contributed by atoms with Crippen LogP contribution in [0.4, 0.5) is 0 Å². The van der Waals surface area contributed by atoms with Gasteiger partial charge in [-0.1, -0.05) is 6.07 Å². The van der Waals surface area contributed by atoms with Crippen LogP contribution < -0.4 is 4.74 Å². The van der Waals surface area contributed by atoms with Gasteiger partial charge < -0.3 is 24.2 Å². The Balaban J connectivity index is 1.61. The van der Waals surface area contributed by atoms with Crippen molar-refractivity contribution >= 4 is 11.9 Å². The van der Waals surface area contributed by atoms with Gasteiger partial charge in [-0.05, 0) is 31.0 Å². The van der Waals surface area contributed by atoms with Crippen LogP contribution in [0.5, 0.6) is 5.75 Å². The molecule has 7 nitrogen and oxygen atoms in total. The maximum atomic E-state index is 12.6. The van der Waals surface area contributed by atoms with Gasteiger partial charge in [-0.25, -0.2) is 4.79 Å². The summed E-state index contributed by atoms with van der Waals surface area (Å²) in [6, 6.07) is 6.94. The van der Waals surface area contributed by atoms with Crippen molar-refractivity contribution in [3.05, 3.63) is 29.8 Å². The highest BCUT2D eigenvalue weighted by molar-refractivity contribution is 5.95. The van der Waals surface area contributed by atoms with Gasteiger partial charge in [0.15, 0.2) is 6.10 Å². The third-order valence-electron chi connectivity index (χ3n) is 4.17. The zero-order valence-corrected chi connectivity index (χ0v) is 13.3. The second kappa shape index (κ2) is 7.63. The van der Waals surface area contributed by atoms with E-state index >= 15 is 0 Å². The first-order chi connectivity index (χ1) is 11.6. The molecule has 2 heterocycles. The standard InChI is InChI=1S/C17H21NO6/c19-16(18-6-8-23-15(10-18)17(20)21)12-3-1-4-13(9-12)24-11-14-5-2-7-22-14/h1,3-4,9,14-15H,2,5-8,10-11H2,(H,20,21)/t14-,15-/m1/s1. The van der Waals surface area contributed by atoms with Crippen LogP contribution in [-0.4, -0.2) is 67.0 Å². The minimum absolute atomic E-state index is 0.0508. The van der Waals surface area contributed by atoms with E-state index in [1.54, 1.807) is 24.3 Å². The molecule has 1 N–H and O–H groups in total. The van der Waals surface area contributed by atoms with Crippen LogP contribution in [0.25, 0.3) is 0 Å². The van der Waals surface area contributed by atoms with E-state index in [0.29, 0.717) is 24.5 Å². The minimum Gasteiger partial charge on any atom is -0.491 e. The lowest BCUT2D eigenvalue weighted by atomic mass is 10.1. The van der Waals surface area contributed by atoms with Crippen molar-refractivity contribution in [2.24, 2.45) is 0 Å². The van der Waals surface area contributed by atoms with Gasteiger partial charge in [0.1, 0.15) is 12.4 Å². The first-order valence-electron chi connectivity index (χ1n) is 8.11. The fourth-order valence-electron chi connectivity index (χ4n) is 2.85. The van der Waals surface area contributed by atoms with Crippen LogP contribution in [0.1, 0.15) is 23.2 Å². The summed E-state index contributed by atoms with van der Waals surface area (Å²) >= 11 is 0. The van der Waals surface area contributed by atoms with Gasteiger partial charge in [0.25, 0.3) is 5.91 Å². The zero-order valence-electron chi connectivity index (χ0n) is 13.3. The number of benzene rings is 1. The fourth-order valence-corrected chi connectivity index (χ4v) is 2.85. The van der Waals surface area contributed by atoms with Crippen LogP contribution in [-0.2, 0) is 14.3 Å². The highest BCUT2D eigenvalue weighted by atomic mass is 16.5. The number of rotatable bonds is 5. The van der Waals surface area contributed by atoms with E-state index in [2.05, 4.69) is 0 Å². The second-order valence-electron chi connectivity index (χ2n) is 5.92. The molecule has 0 spiro atoms. The number of morpholine rings is 1. The number of hydrogen-bond donors (Lipinski definition) is 1. The average molecular weight is 335 g/mol. The van der Waals surface area contributed by atoms with E-state index in [4.69, 9.17) is 19.3 Å². The topological polar surface area (TPSA) is 85.3 Å². The van der Waals surface area contributed by atoms with Crippen molar-refractivity contribution in [2.45, 2.75) is 25.0 Å². The minimum atomic E-state index is -1.05. The molecule has 0 aromatic heterocycles. The van der Waals surface area contributed by atoms with E-state index in [9.17, 15) is 9.59 Å². The molecule has 1 aromatic rings. The van der Waals surface area contributed by atoms with Crippen molar-refractivity contribution in [2.75, 3.05) is 32.9 Å². The van der Waals surface area contributed by atoms with Crippen LogP contribution in [0, 0.1) is 0 Å². The Labute approximate surface area is 140 Å². The van der Waals surface area contributed by atoms with Crippen molar-refractivity contribution < 1.29 is 28.9 Å². The first kappa shape index (κ1) is 16.7. The number of carbonyl (C=O) groups excluding carboxylic acids is 1. The lowest BCUT2D eigenvalue weighted by Crippen LogP contribution is -2.48. The number of hydrogen-bond acceptors (Lipinski definition) is 5. The summed E-state index contributed by atoms with van der Waals surface area (Å²) in [5, 5.41) is 9.03. The van der Waals surface area contributed by atoms with Crippen LogP contribution in [0.3, 0.4) is 0 Å². The van der Waals surface area contributed by atoms with Gasteiger partial charge in [-0.15, -0.1) is 0 Å². The summed E-state index contributed by atoms with van der Waals surface area (Å²) in [5.41, 5.74) is 0.478. The Kier molecular flexibility index (Phi) is 5.32. The van der Waals surface area contributed by atoms with Crippen molar-refractivity contribution in [1.82, 2.24) is 4.90 Å². The van der Waals surface area contributed by atoms with Crippen molar-refractivity contribution in [1.29, 1.82) is 0 Å². The number of aliphatic carboxylic acids is 1. The number of nitrogens with zero attached hydrogens (tertiary/aromatic N) is 1. The first-order valence-corrected chi connectivity index (χ1v) is 8.11. The lowest BCUT2D eigenvalue weighted by molar-refractivity contribution is -0.154. The molecule has 7 heteroatoms. The highest BCUT2D eigenvalue weighted by Crippen LogP contribution is 2.19. The molecule has 1 aromatic carbocycles. The smallest absolute Gasteiger partial charge is 0.334 e. The number of amides is 1. The third kappa shape index (κ3) is 4.04. The van der Waals surface area contributed by atoms with E-state index in [0.717, 1.165) is 19.4 Å². The maximum absolute atomic E-state index is 12.6. The van der Waals surface area contributed by atoms with Crippen LogP contribution >= 0.6 is 0 Å². The van der Waals surface area contributed by atoms with E-state index < -0.39 is 12.1 Å². The molecule has 0 unspecified atom stereocenters. The predicted molar refractivity (Wildman–Crippen MR) is 84.2 cm³/mol. The normalized spacial score (nSPS) is 23.9. The summed E-state index contributed by atoms with van der Waals surface area (Å²) in [5.74, 6) is -0.660. The van der Waals surface area contributed by atoms with Gasteiger partial charge in [0.2, 0.25) is 0 Å². The second-order valence-corrected chi connectivity index (χ2v) is 5.92. The van der Waals surface area contributed by atoms with Crippen molar-refractivity contribution in [3.8, 4) is 5.75 Å². The fraction of sp³-hybridized carbons (Fsp3) is 0.529. The molecule has 3 rings (SSSR count). The molecule has 0 radical (unpaired) electrons. The van der Waals surface area contributed by atoms with E-state index in [-0.39, 0.29) is 25.2 Å². The highest BCUT2D eigenvalue weighted by Gasteiger charge is 2.29. The number of carboxylic acid groups (broad SMARTS) is 1. The summed E-state index contributed by atoms with van der Waals surface area (Å²) < 4.78 is 16.4. The van der Waals surface area contributed by atoms with Gasteiger partial charge in [-0.3, -0.25) is 4.79 Å². The molecule has 0 saturated carbocycles. The molecule has 2 aliphatic heterocycles. The molecule has 1 amide bonds. The van der Waals surface area contributed by atoms with Gasteiger partial charge in [0, 0.05) is 18.7 Å². The van der Waals surface area contributed by atoms with Gasteiger partial charge in [-0.2, -0.15) is 0 Å². The molecule has 2 aliphatic rings.